The van der Waals surface area contributed by atoms with E-state index >= 15 is 0 Å². The Labute approximate surface area is 220 Å². The van der Waals surface area contributed by atoms with E-state index in [1.54, 1.807) is 30.3 Å². The van der Waals surface area contributed by atoms with Crippen molar-refractivity contribution in [1.29, 1.82) is 5.26 Å². The monoisotopic (exact) mass is 516 g/mol. The van der Waals surface area contributed by atoms with Crippen LogP contribution in [-0.4, -0.2) is 33.9 Å². The third-order valence-corrected chi connectivity index (χ3v) is 5.99. The molecule has 0 amide bonds. The second-order valence-electron chi connectivity index (χ2n) is 8.67. The highest BCUT2D eigenvalue weighted by Gasteiger charge is 2.32. The Morgan fingerprint density at radius 2 is 1.61 bits per heavy atom. The number of carbonyl (C=O) groups excluding carboxylic acids is 1. The van der Waals surface area contributed by atoms with E-state index in [0.717, 1.165) is 11.1 Å². The molecular weight excluding hydrogens is 488 g/mol. The Kier molecular flexibility index (Phi) is 7.63. The van der Waals surface area contributed by atoms with Crippen molar-refractivity contribution in [2.75, 3.05) is 27.9 Å². The molecule has 0 aromatic heterocycles. The van der Waals surface area contributed by atoms with Crippen LogP contribution < -0.4 is 34.2 Å². The van der Waals surface area contributed by atoms with Crippen molar-refractivity contribution in [3.63, 3.8) is 0 Å². The molecule has 1 unspecified atom stereocenters. The molecule has 9 heteroatoms. The second kappa shape index (κ2) is 11.0. The zero-order chi connectivity index (χ0) is 27.4. The van der Waals surface area contributed by atoms with Crippen LogP contribution in [0.4, 0.5) is 0 Å². The molecule has 0 saturated carbocycles. The predicted molar refractivity (Wildman–Crippen MR) is 139 cm³/mol. The van der Waals surface area contributed by atoms with Gasteiger partial charge in [-0.15, -0.1) is 0 Å². The summed E-state index contributed by atoms with van der Waals surface area (Å²) in [5, 5.41) is 9.89. The smallest absolute Gasteiger partial charge is 0.349 e. The van der Waals surface area contributed by atoms with Gasteiger partial charge >= 0.3 is 5.97 Å². The lowest BCUT2D eigenvalue weighted by molar-refractivity contribution is -0.136. The van der Waals surface area contributed by atoms with Crippen molar-refractivity contribution < 1.29 is 33.2 Å². The van der Waals surface area contributed by atoms with Crippen molar-refractivity contribution in [2.24, 2.45) is 5.73 Å². The van der Waals surface area contributed by atoms with E-state index in [9.17, 15) is 10.1 Å². The number of rotatable bonds is 8. The molecule has 4 rings (SSSR count). The fourth-order valence-electron chi connectivity index (χ4n) is 4.43. The minimum Gasteiger partial charge on any atom is -0.493 e. The fraction of sp³-hybridized carbons (Fsp3) is 0.241. The fourth-order valence-corrected chi connectivity index (χ4v) is 4.43. The molecule has 196 valence electrons. The summed E-state index contributed by atoms with van der Waals surface area (Å²) in [7, 11) is 4.54. The summed E-state index contributed by atoms with van der Waals surface area (Å²) in [6.07, 6.45) is 0. The van der Waals surface area contributed by atoms with E-state index in [2.05, 4.69) is 6.07 Å². The molecule has 1 aliphatic rings. The number of benzene rings is 3. The number of aryl methyl sites for hydroxylation is 2. The van der Waals surface area contributed by atoms with Gasteiger partial charge in [0.25, 0.3) is 0 Å². The van der Waals surface area contributed by atoms with Crippen LogP contribution >= 0.6 is 0 Å². The van der Waals surface area contributed by atoms with E-state index < -0.39 is 11.9 Å². The molecule has 3 aromatic carbocycles. The molecule has 0 aliphatic carbocycles. The number of nitrogens with zero attached hydrogens (tertiary/aromatic N) is 1. The van der Waals surface area contributed by atoms with Gasteiger partial charge in [0.05, 0.1) is 27.2 Å². The highest BCUT2D eigenvalue weighted by molar-refractivity contribution is 5.74. The number of methoxy groups -OCH3 is 3. The molecule has 1 heterocycles. The molecule has 1 atom stereocenters. The standard InChI is InChI=1S/C29H28N2O7/c1-16-8-17(2)10-20(9-16)36-15-26(32)37-19-6-7-21-23(13-19)38-29(31)22(14-30)27(21)18-11-24(33-3)28(35-5)25(12-18)34-4/h6-13,27H,15,31H2,1-5H3. The summed E-state index contributed by atoms with van der Waals surface area (Å²) >= 11 is 0. The van der Waals surface area contributed by atoms with Gasteiger partial charge in [-0.05, 0) is 60.9 Å². The molecule has 3 aromatic rings. The van der Waals surface area contributed by atoms with Gasteiger partial charge in [0.15, 0.2) is 18.1 Å². The average molecular weight is 517 g/mol. The largest absolute Gasteiger partial charge is 0.493 e. The maximum Gasteiger partial charge on any atom is 0.349 e. The summed E-state index contributed by atoms with van der Waals surface area (Å²) in [5.41, 5.74) is 9.75. The van der Waals surface area contributed by atoms with E-state index in [1.807, 2.05) is 32.0 Å². The number of nitriles is 1. The molecule has 38 heavy (non-hydrogen) atoms. The molecule has 0 radical (unpaired) electrons. The van der Waals surface area contributed by atoms with Crippen LogP contribution in [0.1, 0.15) is 28.2 Å². The Balaban J connectivity index is 1.62. The molecule has 0 bridgehead atoms. The SMILES string of the molecule is COc1cc(C2C(C#N)=C(N)Oc3cc(OC(=O)COc4cc(C)cc(C)c4)ccc32)cc(OC)c1OC. The van der Waals surface area contributed by atoms with E-state index in [4.69, 9.17) is 34.2 Å². The number of esters is 1. The minimum atomic E-state index is -0.588. The number of carbonyl (C=O) groups is 1. The first-order valence-corrected chi connectivity index (χ1v) is 11.7. The van der Waals surface area contributed by atoms with Gasteiger partial charge in [0, 0.05) is 11.6 Å². The zero-order valence-electron chi connectivity index (χ0n) is 21.8. The first-order chi connectivity index (χ1) is 18.3. The van der Waals surface area contributed by atoms with Gasteiger partial charge in [-0.25, -0.2) is 4.79 Å². The van der Waals surface area contributed by atoms with Gasteiger partial charge in [-0.2, -0.15) is 5.26 Å². The number of hydrogen-bond acceptors (Lipinski definition) is 9. The third kappa shape index (κ3) is 5.30. The Hall–Kier alpha value is -4.84. The molecule has 0 saturated heterocycles. The topological polar surface area (TPSA) is 122 Å². The molecular formula is C29H28N2O7. The van der Waals surface area contributed by atoms with E-state index in [-0.39, 0.29) is 23.8 Å². The van der Waals surface area contributed by atoms with Crippen LogP contribution in [0, 0.1) is 25.2 Å². The van der Waals surface area contributed by atoms with Crippen LogP contribution in [0.3, 0.4) is 0 Å². The Morgan fingerprint density at radius 3 is 2.18 bits per heavy atom. The van der Waals surface area contributed by atoms with Crippen molar-refractivity contribution in [1.82, 2.24) is 0 Å². The van der Waals surface area contributed by atoms with Gasteiger partial charge in [0.1, 0.15) is 28.9 Å². The average Bonchev–Trinajstić information content (AvgIpc) is 2.89. The van der Waals surface area contributed by atoms with Gasteiger partial charge in [-0.1, -0.05) is 12.1 Å². The number of hydrogen-bond donors (Lipinski definition) is 1. The lowest BCUT2D eigenvalue weighted by atomic mass is 9.83. The number of ether oxygens (including phenoxy) is 6. The Morgan fingerprint density at radius 1 is 0.947 bits per heavy atom. The van der Waals surface area contributed by atoms with E-state index in [0.29, 0.717) is 39.9 Å². The quantitative estimate of drug-likeness (QED) is 0.340. The summed E-state index contributed by atoms with van der Waals surface area (Å²) in [4.78, 5) is 12.5. The van der Waals surface area contributed by atoms with Crippen molar-refractivity contribution in [3.05, 3.63) is 82.2 Å². The number of fused-ring (bicyclic) bond motifs is 1. The van der Waals surface area contributed by atoms with Crippen molar-refractivity contribution in [3.8, 4) is 40.6 Å². The maximum absolute atomic E-state index is 12.5. The molecule has 0 spiro atoms. The predicted octanol–water partition coefficient (Wildman–Crippen LogP) is 4.53. The highest BCUT2D eigenvalue weighted by atomic mass is 16.6. The van der Waals surface area contributed by atoms with Crippen LogP contribution in [0.2, 0.25) is 0 Å². The molecule has 2 N–H and O–H groups in total. The summed E-state index contributed by atoms with van der Waals surface area (Å²) < 4.78 is 33.2. The zero-order valence-corrected chi connectivity index (χ0v) is 21.8. The minimum absolute atomic E-state index is 0.0552. The molecule has 1 aliphatic heterocycles. The van der Waals surface area contributed by atoms with Gasteiger partial charge in [-0.3, -0.25) is 0 Å². The van der Waals surface area contributed by atoms with Gasteiger partial charge < -0.3 is 34.2 Å². The van der Waals surface area contributed by atoms with Crippen LogP contribution in [0.25, 0.3) is 0 Å². The second-order valence-corrected chi connectivity index (χ2v) is 8.67. The first kappa shape index (κ1) is 26.2. The van der Waals surface area contributed by atoms with Crippen molar-refractivity contribution >= 4 is 5.97 Å². The first-order valence-electron chi connectivity index (χ1n) is 11.7. The maximum atomic E-state index is 12.5. The van der Waals surface area contributed by atoms with Crippen molar-refractivity contribution in [2.45, 2.75) is 19.8 Å². The normalized spacial score (nSPS) is 14.1. The van der Waals surface area contributed by atoms with Crippen LogP contribution in [-0.2, 0) is 4.79 Å². The summed E-state index contributed by atoms with van der Waals surface area (Å²) in [6, 6.07) is 16.3. The van der Waals surface area contributed by atoms with E-state index in [1.165, 1.54) is 21.3 Å². The molecule has 9 nitrogen and oxygen atoms in total. The summed E-state index contributed by atoms with van der Waals surface area (Å²) in [6.45, 7) is 3.64. The lowest BCUT2D eigenvalue weighted by Gasteiger charge is -2.27. The third-order valence-electron chi connectivity index (χ3n) is 5.99. The number of allylic oxidation sites excluding steroid dienone is 1. The number of nitrogens with two attached hydrogens (primary N) is 1. The van der Waals surface area contributed by atoms with Crippen LogP contribution in [0.15, 0.2) is 60.0 Å². The molecule has 0 fully saturated rings. The summed E-state index contributed by atoms with van der Waals surface area (Å²) in [5.74, 6) is 1.24. The van der Waals surface area contributed by atoms with Gasteiger partial charge in [0.2, 0.25) is 11.6 Å². The highest BCUT2D eigenvalue weighted by Crippen LogP contribution is 2.47. The lowest BCUT2D eigenvalue weighted by Crippen LogP contribution is -2.22. The Bertz CT molecular complexity index is 1410. The van der Waals surface area contributed by atoms with Crippen LogP contribution in [0.5, 0.6) is 34.5 Å².